The normalized spacial score (nSPS) is 8.40. The molecule has 0 nitrogen and oxygen atoms in total. The lowest BCUT2D eigenvalue weighted by molar-refractivity contribution is 1.25. The van der Waals surface area contributed by atoms with Crippen LogP contribution in [0.1, 0.15) is 6.42 Å². The molecule has 0 fully saturated rings. The molecule has 0 saturated heterocycles. The number of rotatable bonds is 2. The van der Waals surface area contributed by atoms with Crippen LogP contribution in [-0.2, 0) is 0 Å². The van der Waals surface area contributed by atoms with Gasteiger partial charge in [0.05, 0.1) is 0 Å². The minimum absolute atomic E-state index is 1.06. The summed E-state index contributed by atoms with van der Waals surface area (Å²) in [5, 5.41) is 0. The molecular weight excluding hydrogens is 80.1 g/mol. The first-order valence-corrected chi connectivity index (χ1v) is 3.09. The summed E-state index contributed by atoms with van der Waals surface area (Å²) in [6.45, 7) is 3.65. The van der Waals surface area contributed by atoms with E-state index in [9.17, 15) is 0 Å². The predicted molar refractivity (Wildman–Crippen MR) is 28.4 cm³/mol. The van der Waals surface area contributed by atoms with Gasteiger partial charge < -0.3 is 0 Å². The molecule has 0 aliphatic heterocycles. The molecule has 0 N–H and O–H groups in total. The van der Waals surface area contributed by atoms with Crippen molar-refractivity contribution in [1.82, 2.24) is 0 Å². The largest absolute Gasteiger partial charge is 0.165 e. The quantitative estimate of drug-likeness (QED) is 0.495. The van der Waals surface area contributed by atoms with Crippen LogP contribution in [0.5, 0.6) is 0 Å². The van der Waals surface area contributed by atoms with Gasteiger partial charge in [-0.1, -0.05) is 6.92 Å². The maximum atomic E-state index is 3.65. The lowest BCUT2D eigenvalue weighted by Gasteiger charge is -1.79. The topological polar surface area (TPSA) is 0 Å². The number of hydrogen-bond donors (Lipinski definition) is 0. The van der Waals surface area contributed by atoms with E-state index in [2.05, 4.69) is 13.2 Å². The Bertz CT molecular complexity index is 11.1. The first-order valence-electron chi connectivity index (χ1n) is 1.70. The highest BCUT2D eigenvalue weighted by Crippen LogP contribution is 1.91. The van der Waals surface area contributed by atoms with Crippen LogP contribution in [0.25, 0.3) is 0 Å². The Morgan fingerprint density at radius 3 is 2.40 bits per heavy atom. The summed E-state index contributed by atoms with van der Waals surface area (Å²) < 4.78 is 0. The van der Waals surface area contributed by atoms with Gasteiger partial charge in [-0.15, -0.1) is 0 Å². The van der Waals surface area contributed by atoms with Crippen molar-refractivity contribution < 1.29 is 0 Å². The lowest BCUT2D eigenvalue weighted by Crippen LogP contribution is -1.65. The molecule has 0 bridgehead atoms. The summed E-state index contributed by atoms with van der Waals surface area (Å²) in [5.74, 6) is 1.19. The van der Waals surface area contributed by atoms with Crippen molar-refractivity contribution in [1.29, 1.82) is 0 Å². The summed E-state index contributed by atoms with van der Waals surface area (Å²) in [7, 11) is 0. The molecule has 0 aromatic rings. The molecule has 0 rings (SSSR count). The van der Waals surface area contributed by atoms with Crippen LogP contribution < -0.4 is 0 Å². The first-order chi connectivity index (χ1) is 2.41. The number of thioether (sulfide) groups is 1. The van der Waals surface area contributed by atoms with Crippen molar-refractivity contribution in [3.8, 4) is 0 Å². The van der Waals surface area contributed by atoms with Gasteiger partial charge in [0.1, 0.15) is 0 Å². The van der Waals surface area contributed by atoms with Gasteiger partial charge in [0.25, 0.3) is 0 Å². The molecule has 0 aliphatic carbocycles. The van der Waals surface area contributed by atoms with Crippen molar-refractivity contribution in [2.75, 3.05) is 12.0 Å². The van der Waals surface area contributed by atoms with Gasteiger partial charge in [0.15, 0.2) is 0 Å². The maximum absolute atomic E-state index is 3.65. The zero-order valence-corrected chi connectivity index (χ0v) is 4.35. The van der Waals surface area contributed by atoms with E-state index in [0.29, 0.717) is 0 Å². The molecule has 0 atom stereocenters. The zero-order chi connectivity index (χ0) is 4.12. The van der Waals surface area contributed by atoms with Crippen molar-refractivity contribution in [2.45, 2.75) is 6.42 Å². The first kappa shape index (κ1) is 5.35. The van der Waals surface area contributed by atoms with Crippen molar-refractivity contribution in [2.24, 2.45) is 0 Å². The molecule has 0 aromatic heterocycles. The minimum Gasteiger partial charge on any atom is -0.165 e. The van der Waals surface area contributed by atoms with E-state index in [-0.39, 0.29) is 0 Å². The Morgan fingerprint density at radius 2 is 2.40 bits per heavy atom. The summed E-state index contributed by atoms with van der Waals surface area (Å²) >= 11 is 1.84. The Hall–Kier alpha value is 0.350. The molecule has 0 heterocycles. The van der Waals surface area contributed by atoms with E-state index in [4.69, 9.17) is 0 Å². The minimum atomic E-state index is 1.06. The number of hydrogen-bond acceptors (Lipinski definition) is 1. The molecule has 0 spiro atoms. The van der Waals surface area contributed by atoms with E-state index < -0.39 is 0 Å². The zero-order valence-electron chi connectivity index (χ0n) is 3.53. The monoisotopic (exact) mass is 89.0 g/mol. The van der Waals surface area contributed by atoms with Crippen molar-refractivity contribution >= 4 is 11.8 Å². The molecule has 0 aliphatic rings. The van der Waals surface area contributed by atoms with E-state index in [1.54, 1.807) is 0 Å². The third kappa shape index (κ3) is 4.35. The molecule has 0 aromatic carbocycles. The Labute approximate surface area is 38.0 Å². The second-order valence-corrected chi connectivity index (χ2v) is 1.83. The van der Waals surface area contributed by atoms with Gasteiger partial charge in [-0.3, -0.25) is 0 Å². The fraction of sp³-hybridized carbons (Fsp3) is 0.750. The standard InChI is InChI=1S/C4H9S/c1-3-4-5-2/h1,3-4H2,2H3. The summed E-state index contributed by atoms with van der Waals surface area (Å²) in [6.07, 6.45) is 3.15. The summed E-state index contributed by atoms with van der Waals surface area (Å²) in [5.41, 5.74) is 0. The van der Waals surface area contributed by atoms with Crippen molar-refractivity contribution in [3.05, 3.63) is 6.92 Å². The summed E-state index contributed by atoms with van der Waals surface area (Å²) in [4.78, 5) is 0. The van der Waals surface area contributed by atoms with E-state index in [0.717, 1.165) is 6.42 Å². The Balaban J connectivity index is 2.19. The van der Waals surface area contributed by atoms with Crippen molar-refractivity contribution in [3.63, 3.8) is 0 Å². The SMILES string of the molecule is [CH2]CCSC. The fourth-order valence-electron chi connectivity index (χ4n) is 0.144. The van der Waals surface area contributed by atoms with Gasteiger partial charge in [-0.05, 0) is 18.4 Å². The molecule has 0 amide bonds. The highest BCUT2D eigenvalue weighted by molar-refractivity contribution is 7.98. The molecule has 1 radical (unpaired) electrons. The third-order valence-corrected chi connectivity index (χ3v) is 1.05. The average Bonchev–Trinajstić information content (AvgIpc) is 1.41. The molecular formula is C4H9S. The van der Waals surface area contributed by atoms with Crippen LogP contribution in [-0.4, -0.2) is 12.0 Å². The smallest absolute Gasteiger partial charge is 0.00703 e. The molecule has 0 saturated carbocycles. The fourth-order valence-corrected chi connectivity index (χ4v) is 0.433. The van der Waals surface area contributed by atoms with E-state index in [1.807, 2.05) is 11.8 Å². The summed E-state index contributed by atoms with van der Waals surface area (Å²) in [6, 6.07) is 0. The van der Waals surface area contributed by atoms with Crippen LogP contribution in [0.2, 0.25) is 0 Å². The average molecular weight is 89.2 g/mol. The lowest BCUT2D eigenvalue weighted by atomic mass is 10.6. The Kier molecular flexibility index (Phi) is 4.65. The highest BCUT2D eigenvalue weighted by atomic mass is 32.2. The van der Waals surface area contributed by atoms with Gasteiger partial charge in [-0.25, -0.2) is 0 Å². The van der Waals surface area contributed by atoms with Crippen LogP contribution in [0.3, 0.4) is 0 Å². The van der Waals surface area contributed by atoms with Crippen LogP contribution in [0.4, 0.5) is 0 Å². The molecule has 0 unspecified atom stereocenters. The third-order valence-electron chi connectivity index (χ3n) is 0.348. The highest BCUT2D eigenvalue weighted by Gasteiger charge is 1.68. The Morgan fingerprint density at radius 1 is 1.80 bits per heavy atom. The van der Waals surface area contributed by atoms with Crippen LogP contribution >= 0.6 is 11.8 Å². The van der Waals surface area contributed by atoms with E-state index >= 15 is 0 Å². The van der Waals surface area contributed by atoms with Crippen LogP contribution in [0, 0.1) is 6.92 Å². The molecule has 5 heavy (non-hydrogen) atoms. The second kappa shape index (κ2) is 4.35. The maximum Gasteiger partial charge on any atom is -0.00703 e. The van der Waals surface area contributed by atoms with Gasteiger partial charge in [0, 0.05) is 0 Å². The van der Waals surface area contributed by atoms with Crippen LogP contribution in [0.15, 0.2) is 0 Å². The van der Waals surface area contributed by atoms with Gasteiger partial charge >= 0.3 is 0 Å². The molecule has 31 valence electrons. The van der Waals surface area contributed by atoms with Gasteiger partial charge in [-0.2, -0.15) is 11.8 Å². The molecule has 1 heteroatoms. The predicted octanol–water partition coefficient (Wildman–Crippen LogP) is 1.57. The van der Waals surface area contributed by atoms with Gasteiger partial charge in [0.2, 0.25) is 0 Å². The van der Waals surface area contributed by atoms with E-state index in [1.165, 1.54) is 5.75 Å². The second-order valence-electron chi connectivity index (χ2n) is 0.846.